The number of likely N-dealkylation sites (N-methyl/N-ethyl adjacent to an activating group) is 1. The zero-order chi connectivity index (χ0) is 11.3. The highest BCUT2D eigenvalue weighted by Crippen LogP contribution is 2.09. The lowest BCUT2D eigenvalue weighted by Gasteiger charge is -2.39. The fourth-order valence-corrected chi connectivity index (χ4v) is 2.38. The van der Waals surface area contributed by atoms with Gasteiger partial charge in [-0.25, -0.2) is 0 Å². The predicted octanol–water partition coefficient (Wildman–Crippen LogP) is 1.14. The highest BCUT2D eigenvalue weighted by molar-refractivity contribution is 4.78. The summed E-state index contributed by atoms with van der Waals surface area (Å²) in [5, 5.41) is 0. The first-order valence-electron chi connectivity index (χ1n) is 6.35. The van der Waals surface area contributed by atoms with Crippen molar-refractivity contribution < 1.29 is 0 Å². The second-order valence-electron chi connectivity index (χ2n) is 4.90. The summed E-state index contributed by atoms with van der Waals surface area (Å²) in [5.41, 5.74) is 5.75. The number of hydrogen-bond donors (Lipinski definition) is 1. The van der Waals surface area contributed by atoms with Crippen molar-refractivity contribution in [2.75, 3.05) is 32.7 Å². The van der Waals surface area contributed by atoms with Gasteiger partial charge >= 0.3 is 0 Å². The van der Waals surface area contributed by atoms with Crippen molar-refractivity contribution in [1.29, 1.82) is 0 Å². The van der Waals surface area contributed by atoms with E-state index in [0.29, 0.717) is 6.04 Å². The molecule has 0 aromatic rings. The van der Waals surface area contributed by atoms with Gasteiger partial charge < -0.3 is 10.6 Å². The first kappa shape index (κ1) is 12.9. The van der Waals surface area contributed by atoms with Crippen LogP contribution >= 0.6 is 0 Å². The molecule has 0 aliphatic carbocycles. The third-order valence-electron chi connectivity index (χ3n) is 3.39. The standard InChI is InChI=1S/C12H27N3/c1-4-15-9-8-14(10-12(15)3)7-5-6-11(2)13/h11-12H,4-10,13H2,1-3H3. The smallest absolute Gasteiger partial charge is 0.0195 e. The van der Waals surface area contributed by atoms with E-state index in [1.54, 1.807) is 0 Å². The molecular weight excluding hydrogens is 186 g/mol. The summed E-state index contributed by atoms with van der Waals surface area (Å²) in [4.78, 5) is 5.14. The molecule has 2 N–H and O–H groups in total. The third kappa shape index (κ3) is 4.49. The van der Waals surface area contributed by atoms with Crippen LogP contribution in [0, 0.1) is 0 Å². The van der Waals surface area contributed by atoms with Gasteiger partial charge in [-0.1, -0.05) is 6.92 Å². The predicted molar refractivity (Wildman–Crippen MR) is 66.0 cm³/mol. The zero-order valence-corrected chi connectivity index (χ0v) is 10.6. The lowest BCUT2D eigenvalue weighted by Crippen LogP contribution is -2.51. The van der Waals surface area contributed by atoms with Crippen LogP contribution in [-0.4, -0.2) is 54.6 Å². The molecule has 0 radical (unpaired) electrons. The Morgan fingerprint density at radius 1 is 1.40 bits per heavy atom. The van der Waals surface area contributed by atoms with Crippen LogP contribution in [0.15, 0.2) is 0 Å². The van der Waals surface area contributed by atoms with Crippen LogP contribution in [0.5, 0.6) is 0 Å². The van der Waals surface area contributed by atoms with Crippen LogP contribution in [0.2, 0.25) is 0 Å². The van der Waals surface area contributed by atoms with Gasteiger partial charge in [0.15, 0.2) is 0 Å². The molecule has 2 unspecified atom stereocenters. The van der Waals surface area contributed by atoms with Gasteiger partial charge in [0.2, 0.25) is 0 Å². The van der Waals surface area contributed by atoms with Crippen LogP contribution in [0.3, 0.4) is 0 Å². The van der Waals surface area contributed by atoms with E-state index in [4.69, 9.17) is 5.73 Å². The van der Waals surface area contributed by atoms with Gasteiger partial charge in [0.1, 0.15) is 0 Å². The van der Waals surface area contributed by atoms with Gasteiger partial charge in [0.05, 0.1) is 0 Å². The molecule has 0 amide bonds. The Bertz CT molecular complexity index is 170. The molecule has 3 heteroatoms. The zero-order valence-electron chi connectivity index (χ0n) is 10.6. The maximum Gasteiger partial charge on any atom is 0.0195 e. The number of nitrogens with two attached hydrogens (primary N) is 1. The normalized spacial score (nSPS) is 26.8. The number of rotatable bonds is 5. The minimum Gasteiger partial charge on any atom is -0.328 e. The Kier molecular flexibility index (Phi) is 5.58. The van der Waals surface area contributed by atoms with Crippen LogP contribution in [-0.2, 0) is 0 Å². The molecule has 1 rings (SSSR count). The number of piperazine rings is 1. The molecule has 0 aromatic carbocycles. The minimum absolute atomic E-state index is 0.361. The first-order chi connectivity index (χ1) is 7.13. The largest absolute Gasteiger partial charge is 0.328 e. The fraction of sp³-hybridized carbons (Fsp3) is 1.00. The average Bonchev–Trinajstić information content (AvgIpc) is 2.17. The van der Waals surface area contributed by atoms with Crippen molar-refractivity contribution in [2.45, 2.75) is 45.7 Å². The number of nitrogens with zero attached hydrogens (tertiary/aromatic N) is 2. The Balaban J connectivity index is 2.17. The molecule has 0 saturated carbocycles. The molecule has 1 heterocycles. The van der Waals surface area contributed by atoms with E-state index in [-0.39, 0.29) is 0 Å². The van der Waals surface area contributed by atoms with Crippen molar-refractivity contribution in [2.24, 2.45) is 5.73 Å². The van der Waals surface area contributed by atoms with E-state index in [9.17, 15) is 0 Å². The van der Waals surface area contributed by atoms with Crippen molar-refractivity contribution >= 4 is 0 Å². The second-order valence-corrected chi connectivity index (χ2v) is 4.90. The molecule has 1 fully saturated rings. The quantitative estimate of drug-likeness (QED) is 0.743. The van der Waals surface area contributed by atoms with E-state index in [0.717, 1.165) is 12.5 Å². The molecule has 0 aromatic heterocycles. The summed E-state index contributed by atoms with van der Waals surface area (Å²) in [6, 6.07) is 1.08. The summed E-state index contributed by atoms with van der Waals surface area (Å²) in [6.45, 7) is 12.8. The Morgan fingerprint density at radius 2 is 2.13 bits per heavy atom. The highest BCUT2D eigenvalue weighted by Gasteiger charge is 2.21. The Labute approximate surface area is 94.6 Å². The van der Waals surface area contributed by atoms with Gasteiger partial charge in [-0.05, 0) is 39.8 Å². The molecular formula is C12H27N3. The molecule has 0 spiro atoms. The van der Waals surface area contributed by atoms with Crippen LogP contribution in [0.1, 0.15) is 33.6 Å². The summed E-state index contributed by atoms with van der Waals surface area (Å²) in [5.74, 6) is 0. The van der Waals surface area contributed by atoms with Crippen LogP contribution in [0.25, 0.3) is 0 Å². The van der Waals surface area contributed by atoms with E-state index in [1.807, 2.05) is 0 Å². The lowest BCUT2D eigenvalue weighted by molar-refractivity contribution is 0.0867. The average molecular weight is 213 g/mol. The molecule has 0 bridgehead atoms. The van der Waals surface area contributed by atoms with Crippen molar-refractivity contribution in [3.8, 4) is 0 Å². The van der Waals surface area contributed by atoms with Gasteiger partial charge in [0.25, 0.3) is 0 Å². The lowest BCUT2D eigenvalue weighted by atomic mass is 10.1. The van der Waals surface area contributed by atoms with Crippen molar-refractivity contribution in [1.82, 2.24) is 9.80 Å². The summed E-state index contributed by atoms with van der Waals surface area (Å²) in [7, 11) is 0. The molecule has 90 valence electrons. The van der Waals surface area contributed by atoms with E-state index in [1.165, 1.54) is 39.1 Å². The van der Waals surface area contributed by atoms with E-state index < -0.39 is 0 Å². The summed E-state index contributed by atoms with van der Waals surface area (Å²) >= 11 is 0. The highest BCUT2D eigenvalue weighted by atomic mass is 15.3. The fourth-order valence-electron chi connectivity index (χ4n) is 2.38. The molecule has 1 aliphatic rings. The van der Waals surface area contributed by atoms with Crippen molar-refractivity contribution in [3.05, 3.63) is 0 Å². The Morgan fingerprint density at radius 3 is 2.67 bits per heavy atom. The maximum absolute atomic E-state index is 5.75. The van der Waals surface area contributed by atoms with Gasteiger partial charge in [-0.3, -0.25) is 4.90 Å². The van der Waals surface area contributed by atoms with E-state index >= 15 is 0 Å². The summed E-state index contributed by atoms with van der Waals surface area (Å²) < 4.78 is 0. The number of hydrogen-bond acceptors (Lipinski definition) is 3. The monoisotopic (exact) mass is 213 g/mol. The van der Waals surface area contributed by atoms with Crippen LogP contribution < -0.4 is 5.73 Å². The molecule has 3 nitrogen and oxygen atoms in total. The first-order valence-corrected chi connectivity index (χ1v) is 6.35. The minimum atomic E-state index is 0.361. The second kappa shape index (κ2) is 6.46. The Hall–Kier alpha value is -0.120. The van der Waals surface area contributed by atoms with Gasteiger partial charge in [-0.15, -0.1) is 0 Å². The van der Waals surface area contributed by atoms with E-state index in [2.05, 4.69) is 30.6 Å². The van der Waals surface area contributed by atoms with Crippen LogP contribution in [0.4, 0.5) is 0 Å². The molecule has 2 atom stereocenters. The SMILES string of the molecule is CCN1CCN(CCCC(C)N)CC1C. The molecule has 15 heavy (non-hydrogen) atoms. The molecule has 1 aliphatic heterocycles. The third-order valence-corrected chi connectivity index (χ3v) is 3.39. The van der Waals surface area contributed by atoms with Gasteiger partial charge in [-0.2, -0.15) is 0 Å². The summed E-state index contributed by atoms with van der Waals surface area (Å²) in [6.07, 6.45) is 2.40. The van der Waals surface area contributed by atoms with Gasteiger partial charge in [0, 0.05) is 31.7 Å². The maximum atomic E-state index is 5.75. The van der Waals surface area contributed by atoms with Crippen molar-refractivity contribution in [3.63, 3.8) is 0 Å². The molecule has 1 saturated heterocycles. The topological polar surface area (TPSA) is 32.5 Å².